The summed E-state index contributed by atoms with van der Waals surface area (Å²) in [5, 5.41) is 9.09. The molecule has 0 saturated carbocycles. The Labute approximate surface area is 116 Å². The first kappa shape index (κ1) is 14.2. The number of halogens is 1. The van der Waals surface area contributed by atoms with Crippen LogP contribution < -0.4 is 17.0 Å². The molecule has 2 heterocycles. The minimum atomic E-state index is -0.584. The zero-order valence-electron chi connectivity index (χ0n) is 9.95. The molecule has 0 radical (unpaired) electrons. The first-order valence-corrected chi connectivity index (χ1v) is 6.62. The molecular formula is C11H14BrN3O4. The highest BCUT2D eigenvalue weighted by Gasteiger charge is 2.33. The van der Waals surface area contributed by atoms with Crippen LogP contribution in [0.4, 0.5) is 0 Å². The maximum Gasteiger partial charge on any atom is 0.330 e. The molecule has 1 fully saturated rings. The largest absolute Gasteiger partial charge is 0.394 e. The number of nitrogens with one attached hydrogen (secondary N) is 1. The van der Waals surface area contributed by atoms with Gasteiger partial charge < -0.3 is 15.6 Å². The van der Waals surface area contributed by atoms with E-state index in [1.165, 1.54) is 21.8 Å². The van der Waals surface area contributed by atoms with Crippen molar-refractivity contribution in [2.24, 2.45) is 5.73 Å². The maximum atomic E-state index is 11.8. The predicted octanol–water partition coefficient (Wildman–Crippen LogP) is -0.491. The second-order valence-corrected chi connectivity index (χ2v) is 4.78. The summed E-state index contributed by atoms with van der Waals surface area (Å²) in [5.41, 5.74) is 5.08. The van der Waals surface area contributed by atoms with Crippen molar-refractivity contribution in [3.63, 3.8) is 0 Å². The van der Waals surface area contributed by atoms with Crippen LogP contribution in [0, 0.1) is 0 Å². The lowest BCUT2D eigenvalue weighted by atomic mass is 10.1. The maximum absolute atomic E-state index is 11.8. The molecule has 2 rings (SSSR count). The average molecular weight is 332 g/mol. The molecule has 19 heavy (non-hydrogen) atoms. The average Bonchev–Trinajstić information content (AvgIpc) is 2.74. The third-order valence-corrected chi connectivity index (χ3v) is 3.28. The van der Waals surface area contributed by atoms with Gasteiger partial charge >= 0.3 is 5.69 Å². The Balaban J connectivity index is 2.38. The van der Waals surface area contributed by atoms with Gasteiger partial charge in [0.25, 0.3) is 5.56 Å². The van der Waals surface area contributed by atoms with Crippen LogP contribution in [0.3, 0.4) is 0 Å². The summed E-state index contributed by atoms with van der Waals surface area (Å²) >= 11 is 3.07. The number of nitrogens with two attached hydrogens (primary N) is 1. The van der Waals surface area contributed by atoms with Crippen molar-refractivity contribution in [3.05, 3.63) is 37.6 Å². The number of aromatic nitrogens is 2. The normalized spacial score (nSPS) is 27.2. The molecule has 1 aliphatic heterocycles. The van der Waals surface area contributed by atoms with Gasteiger partial charge in [0.2, 0.25) is 0 Å². The van der Waals surface area contributed by atoms with E-state index in [0.29, 0.717) is 12.0 Å². The number of H-pyrrole nitrogens is 1. The van der Waals surface area contributed by atoms with Crippen molar-refractivity contribution in [2.45, 2.75) is 24.8 Å². The molecule has 1 aromatic heterocycles. The van der Waals surface area contributed by atoms with E-state index in [1.807, 2.05) is 0 Å². The molecule has 0 spiro atoms. The molecule has 1 aliphatic rings. The van der Waals surface area contributed by atoms with E-state index in [0.717, 1.165) is 0 Å². The zero-order chi connectivity index (χ0) is 14.0. The summed E-state index contributed by atoms with van der Waals surface area (Å²) in [7, 11) is 0. The SMILES string of the molecule is N[C@H]1C[C@H](n2cc(/C=C/Br)c(=O)[nH]c2=O)O[C@@H]1CO. The highest BCUT2D eigenvalue weighted by atomic mass is 79.9. The van der Waals surface area contributed by atoms with Crippen LogP contribution in [0.1, 0.15) is 18.2 Å². The van der Waals surface area contributed by atoms with Crippen LogP contribution in [0.15, 0.2) is 20.8 Å². The summed E-state index contributed by atoms with van der Waals surface area (Å²) in [6, 6.07) is -0.344. The summed E-state index contributed by atoms with van der Waals surface area (Å²) in [6.07, 6.45) is 2.25. The van der Waals surface area contributed by atoms with Crippen LogP contribution in [0.25, 0.3) is 6.08 Å². The van der Waals surface area contributed by atoms with Gasteiger partial charge in [-0.15, -0.1) is 0 Å². The Kier molecular flexibility index (Phi) is 4.35. The summed E-state index contributed by atoms with van der Waals surface area (Å²) in [4.78, 5) is 27.0. The standard InChI is InChI=1S/C11H14BrN3O4/c12-2-1-6-4-15(11(18)14-10(6)17)9-3-7(13)8(5-16)19-9/h1-2,4,7-9,16H,3,5,13H2,(H,14,17,18)/b2-1+/t7-,8+,9+/m0/s1. The molecule has 1 saturated heterocycles. The molecule has 8 heteroatoms. The van der Waals surface area contributed by atoms with Gasteiger partial charge in [-0.3, -0.25) is 14.3 Å². The lowest BCUT2D eigenvalue weighted by Gasteiger charge is -2.14. The Morgan fingerprint density at radius 3 is 2.95 bits per heavy atom. The number of rotatable bonds is 3. The number of aliphatic hydroxyl groups excluding tert-OH is 1. The Morgan fingerprint density at radius 2 is 2.37 bits per heavy atom. The molecule has 0 bridgehead atoms. The van der Waals surface area contributed by atoms with E-state index >= 15 is 0 Å². The third kappa shape index (κ3) is 2.86. The Morgan fingerprint density at radius 1 is 1.63 bits per heavy atom. The van der Waals surface area contributed by atoms with Gasteiger partial charge in [0.05, 0.1) is 18.3 Å². The second-order valence-electron chi connectivity index (χ2n) is 4.25. The minimum absolute atomic E-state index is 0.204. The van der Waals surface area contributed by atoms with Gasteiger partial charge in [-0.1, -0.05) is 15.9 Å². The second kappa shape index (κ2) is 5.83. The molecule has 7 nitrogen and oxygen atoms in total. The van der Waals surface area contributed by atoms with E-state index in [9.17, 15) is 9.59 Å². The van der Waals surface area contributed by atoms with Crippen molar-refractivity contribution in [3.8, 4) is 0 Å². The number of aromatic amines is 1. The highest BCUT2D eigenvalue weighted by Crippen LogP contribution is 2.25. The van der Waals surface area contributed by atoms with Crippen molar-refractivity contribution >= 4 is 22.0 Å². The number of hydrogen-bond acceptors (Lipinski definition) is 5. The number of ether oxygens (including phenoxy) is 1. The smallest absolute Gasteiger partial charge is 0.330 e. The molecule has 0 amide bonds. The van der Waals surface area contributed by atoms with Gasteiger partial charge in [0.15, 0.2) is 0 Å². The van der Waals surface area contributed by atoms with Crippen LogP contribution in [-0.4, -0.2) is 33.4 Å². The molecule has 3 atom stereocenters. The van der Waals surface area contributed by atoms with Gasteiger partial charge in [0, 0.05) is 18.7 Å². The van der Waals surface area contributed by atoms with E-state index < -0.39 is 23.6 Å². The zero-order valence-corrected chi connectivity index (χ0v) is 11.5. The lowest BCUT2D eigenvalue weighted by molar-refractivity contribution is -0.0271. The predicted molar refractivity (Wildman–Crippen MR) is 72.9 cm³/mol. The van der Waals surface area contributed by atoms with E-state index in [4.69, 9.17) is 15.6 Å². The molecule has 0 unspecified atom stereocenters. The number of nitrogens with zero attached hydrogens (tertiary/aromatic N) is 1. The van der Waals surface area contributed by atoms with Gasteiger partial charge in [-0.05, 0) is 11.1 Å². The third-order valence-electron chi connectivity index (χ3n) is 3.01. The number of aliphatic hydroxyl groups is 1. The molecule has 1 aromatic rings. The topological polar surface area (TPSA) is 110 Å². The van der Waals surface area contributed by atoms with Crippen molar-refractivity contribution < 1.29 is 9.84 Å². The first-order chi connectivity index (χ1) is 9.06. The molecule has 4 N–H and O–H groups in total. The fourth-order valence-electron chi connectivity index (χ4n) is 2.00. The number of hydrogen-bond donors (Lipinski definition) is 3. The van der Waals surface area contributed by atoms with Gasteiger partial charge in [0.1, 0.15) is 6.23 Å². The van der Waals surface area contributed by atoms with Crippen LogP contribution >= 0.6 is 15.9 Å². The van der Waals surface area contributed by atoms with Crippen molar-refractivity contribution in [1.29, 1.82) is 0 Å². The van der Waals surface area contributed by atoms with Crippen molar-refractivity contribution in [1.82, 2.24) is 9.55 Å². The highest BCUT2D eigenvalue weighted by molar-refractivity contribution is 9.11. The lowest BCUT2D eigenvalue weighted by Crippen LogP contribution is -2.33. The van der Waals surface area contributed by atoms with Crippen LogP contribution in [-0.2, 0) is 4.74 Å². The first-order valence-electron chi connectivity index (χ1n) is 5.71. The molecular weight excluding hydrogens is 318 g/mol. The molecule has 0 aliphatic carbocycles. The van der Waals surface area contributed by atoms with Gasteiger partial charge in [-0.25, -0.2) is 4.79 Å². The molecule has 104 valence electrons. The Bertz CT molecular complexity index is 594. The fourth-order valence-corrected chi connectivity index (χ4v) is 2.29. The van der Waals surface area contributed by atoms with Crippen LogP contribution in [0.2, 0.25) is 0 Å². The summed E-state index contributed by atoms with van der Waals surface area (Å²) < 4.78 is 6.77. The van der Waals surface area contributed by atoms with E-state index in [1.54, 1.807) is 0 Å². The minimum Gasteiger partial charge on any atom is -0.394 e. The van der Waals surface area contributed by atoms with Crippen molar-refractivity contribution in [2.75, 3.05) is 6.61 Å². The molecule has 0 aromatic carbocycles. The monoisotopic (exact) mass is 331 g/mol. The van der Waals surface area contributed by atoms with Gasteiger partial charge in [-0.2, -0.15) is 0 Å². The van der Waals surface area contributed by atoms with E-state index in [2.05, 4.69) is 20.9 Å². The summed E-state index contributed by atoms with van der Waals surface area (Å²) in [5.74, 6) is 0. The van der Waals surface area contributed by atoms with Crippen LogP contribution in [0.5, 0.6) is 0 Å². The quantitative estimate of drug-likeness (QED) is 0.692. The van der Waals surface area contributed by atoms with E-state index in [-0.39, 0.29) is 12.6 Å². The summed E-state index contributed by atoms with van der Waals surface area (Å²) in [6.45, 7) is -0.204. The fraction of sp³-hybridized carbons (Fsp3) is 0.455. The Hall–Kier alpha value is -1.22.